The number of sulfone groups is 4. The van der Waals surface area contributed by atoms with Crippen molar-refractivity contribution in [1.29, 1.82) is 0 Å². The van der Waals surface area contributed by atoms with Crippen LogP contribution in [0.1, 0.15) is 199 Å². The Morgan fingerprint density at radius 2 is 0.709 bits per heavy atom. The van der Waals surface area contributed by atoms with Crippen LogP contribution < -0.4 is 0 Å². The van der Waals surface area contributed by atoms with Gasteiger partial charge in [0.2, 0.25) is 0 Å². The Kier molecular flexibility index (Phi) is 35.7. The maximum Gasteiger partial charge on any atom is 0.477 e. The van der Waals surface area contributed by atoms with Gasteiger partial charge in [0.25, 0.3) is 0 Å². The van der Waals surface area contributed by atoms with Gasteiger partial charge in [-0.05, 0) is 157 Å². The predicted octanol–water partition coefficient (Wildman–Crippen LogP) is 13.2. The molecule has 0 aromatic heterocycles. The highest BCUT2D eigenvalue weighted by Gasteiger charge is 2.38. The first-order valence-corrected chi connectivity index (χ1v) is 40.5. The third-order valence-electron chi connectivity index (χ3n) is 13.0. The van der Waals surface area contributed by atoms with Crippen LogP contribution in [-0.4, -0.2) is 128 Å². The first kappa shape index (κ1) is 93.8. The Balaban J connectivity index is 0.000000691. The number of rotatable bonds is 28. The van der Waals surface area contributed by atoms with Gasteiger partial charge in [-0.1, -0.05) is 55.4 Å². The van der Waals surface area contributed by atoms with E-state index in [-0.39, 0.29) is 71.9 Å². The standard InChI is InChI=1S/C20H34FO7PS.C19H25FO6S.C15H19FO6S.C15H17FO6S/c1-14(2)15-10-17(21)16(18(11-15)30(9,23)24)12-25-13-26-29(22,27-19(3,4)5)28-20(6,7)8;1-12(2)13-9-15(20)14(16(10-13)27(6,23)24)11-25-17(21)7-8-18(22)26-19(3,4)5;2*1-9(2)10-6-12(16)11(13(7-10)23(3,20)21)8-22-15(19)5-4-14(17)18/h10-11,14H,12-13H2,1-9H3;7-10,12H,11H2,1-6H3;6-7,9H,4-5,8H2,1-3H3,(H,17,18);4-7,9H,8H2,1-3H3,(H,17,18)/b;8-7+;;5-4+. The minimum Gasteiger partial charge on any atom is -0.481 e. The molecule has 0 aliphatic heterocycles. The number of halogens is 4. The molecule has 0 aliphatic carbocycles. The summed E-state index contributed by atoms with van der Waals surface area (Å²) in [6.07, 6.45) is 6.03. The van der Waals surface area contributed by atoms with Gasteiger partial charge in [-0.25, -0.2) is 75.0 Å². The lowest BCUT2D eigenvalue weighted by Crippen LogP contribution is -2.25. The number of carbonyl (C=O) groups excluding carboxylic acids is 4. The number of hydrogen-bond donors (Lipinski definition) is 2. The highest BCUT2D eigenvalue weighted by atomic mass is 32.2. The van der Waals surface area contributed by atoms with Gasteiger partial charge >= 0.3 is 43.6 Å². The normalized spacial score (nSPS) is 12.5. The summed E-state index contributed by atoms with van der Waals surface area (Å²) in [5.74, 6) is -9.33. The van der Waals surface area contributed by atoms with Crippen molar-refractivity contribution in [1.82, 2.24) is 0 Å². The second-order valence-corrected chi connectivity index (χ2v) is 36.8. The molecular formula is C69H95F4O25PS4. The number of phosphoric acid groups is 1. The van der Waals surface area contributed by atoms with E-state index in [1.165, 1.54) is 48.5 Å². The Morgan fingerprint density at radius 3 is 0.971 bits per heavy atom. The zero-order chi connectivity index (χ0) is 80.1. The second-order valence-electron chi connectivity index (χ2n) is 27.4. The predicted molar refractivity (Wildman–Crippen MR) is 372 cm³/mol. The lowest BCUT2D eigenvalue weighted by Gasteiger charge is -2.30. The summed E-state index contributed by atoms with van der Waals surface area (Å²) in [5.41, 5.74) is -1.09. The minimum absolute atomic E-state index is 0.0479. The highest BCUT2D eigenvalue weighted by Crippen LogP contribution is 2.55. The van der Waals surface area contributed by atoms with Crippen LogP contribution in [0.3, 0.4) is 0 Å². The van der Waals surface area contributed by atoms with Crippen molar-refractivity contribution in [2.75, 3.05) is 31.8 Å². The first-order chi connectivity index (χ1) is 46.6. The number of ether oxygens (including phenoxy) is 5. The maximum absolute atomic E-state index is 14.6. The van der Waals surface area contributed by atoms with Crippen molar-refractivity contribution in [3.05, 3.63) is 141 Å². The van der Waals surface area contributed by atoms with Gasteiger partial charge in [-0.3, -0.25) is 23.2 Å². The second kappa shape index (κ2) is 39.2. The van der Waals surface area contributed by atoms with E-state index in [1.807, 2.05) is 27.7 Å². The van der Waals surface area contributed by atoms with Crippen molar-refractivity contribution in [3.8, 4) is 0 Å². The Labute approximate surface area is 601 Å². The SMILES string of the molecule is CC(C)c1cc(F)c(COC(=O)/C=C/C(=O)O)c(S(C)(=O)=O)c1.CC(C)c1cc(F)c(COC(=O)/C=C/C(=O)OC(C)(C)C)c(S(C)(=O)=O)c1.CC(C)c1cc(F)c(COC(=O)CCC(=O)O)c(S(C)(=O)=O)c1.CC(C)c1cc(F)c(COCOP(=O)(OC(C)(C)C)OC(C)(C)C)c(S(C)(=O)=O)c1. The van der Waals surface area contributed by atoms with E-state index in [1.54, 1.807) is 90.0 Å². The summed E-state index contributed by atoms with van der Waals surface area (Å²) in [6, 6.07) is 10.4. The summed E-state index contributed by atoms with van der Waals surface area (Å²) in [5, 5.41) is 16.9. The number of hydrogen-bond acceptors (Lipinski definition) is 23. The maximum atomic E-state index is 14.6. The fourth-order valence-electron chi connectivity index (χ4n) is 8.16. The summed E-state index contributed by atoms with van der Waals surface area (Å²) in [6.45, 7) is 27.0. The van der Waals surface area contributed by atoms with E-state index in [4.69, 9.17) is 47.5 Å². The summed E-state index contributed by atoms with van der Waals surface area (Å²) < 4.78 is 207. The largest absolute Gasteiger partial charge is 0.481 e. The van der Waals surface area contributed by atoms with Crippen LogP contribution in [0.5, 0.6) is 0 Å². The molecule has 578 valence electrons. The average molecular weight is 1560 g/mol. The third-order valence-corrected chi connectivity index (χ3v) is 19.7. The molecular weight excluding hydrogens is 1460 g/mol. The van der Waals surface area contributed by atoms with E-state index >= 15 is 0 Å². The topological polar surface area (TPSA) is 370 Å². The zero-order valence-corrected chi connectivity index (χ0v) is 65.7. The fraction of sp³-hybridized carbons (Fsp3) is 0.507. The highest BCUT2D eigenvalue weighted by molar-refractivity contribution is 7.91. The molecule has 2 N–H and O–H groups in total. The number of esters is 4. The van der Waals surface area contributed by atoms with Gasteiger partial charge in [0.1, 0.15) is 48.7 Å². The first-order valence-electron chi connectivity index (χ1n) is 31.4. The van der Waals surface area contributed by atoms with Gasteiger partial charge in [-0.2, -0.15) is 0 Å². The molecule has 4 aromatic rings. The van der Waals surface area contributed by atoms with Crippen molar-refractivity contribution < 1.29 is 132 Å². The van der Waals surface area contributed by atoms with Gasteiger partial charge in [0.05, 0.1) is 50.2 Å². The van der Waals surface area contributed by atoms with E-state index < -0.39 is 163 Å². The van der Waals surface area contributed by atoms with E-state index in [2.05, 4.69) is 0 Å². The van der Waals surface area contributed by atoms with Crippen LogP contribution in [0.15, 0.2) is 92.4 Å². The van der Waals surface area contributed by atoms with Gasteiger partial charge in [0, 0.05) is 71.6 Å². The lowest BCUT2D eigenvalue weighted by molar-refractivity contribution is -0.149. The van der Waals surface area contributed by atoms with E-state index in [0.29, 0.717) is 34.4 Å². The van der Waals surface area contributed by atoms with Crippen LogP contribution in [0, 0.1) is 23.3 Å². The molecule has 0 radical (unpaired) electrons. The Morgan fingerprint density at radius 1 is 0.427 bits per heavy atom. The molecule has 0 amide bonds. The molecule has 0 heterocycles. The van der Waals surface area contributed by atoms with Gasteiger partial charge < -0.3 is 33.9 Å². The van der Waals surface area contributed by atoms with Crippen molar-refractivity contribution in [2.45, 2.75) is 217 Å². The van der Waals surface area contributed by atoms with Crippen LogP contribution in [-0.2, 0) is 136 Å². The number of phosphoric ester groups is 1. The summed E-state index contributed by atoms with van der Waals surface area (Å²) >= 11 is 0. The number of carboxylic acids is 2. The number of carbonyl (C=O) groups is 6. The smallest absolute Gasteiger partial charge is 0.477 e. The van der Waals surface area contributed by atoms with Crippen LogP contribution >= 0.6 is 7.82 Å². The quantitative estimate of drug-likeness (QED) is 0.0101. The van der Waals surface area contributed by atoms with Gasteiger partial charge in [0.15, 0.2) is 46.1 Å². The monoisotopic (exact) mass is 1560 g/mol. The van der Waals surface area contributed by atoms with Gasteiger partial charge in [-0.15, -0.1) is 0 Å². The molecule has 4 rings (SSSR count). The molecule has 103 heavy (non-hydrogen) atoms. The molecule has 0 saturated heterocycles. The Bertz CT molecular complexity index is 4260. The van der Waals surface area contributed by atoms with Crippen LogP contribution in [0.25, 0.3) is 0 Å². The molecule has 0 fully saturated rings. The summed E-state index contributed by atoms with van der Waals surface area (Å²) in [7, 11) is -18.9. The van der Waals surface area contributed by atoms with E-state index in [0.717, 1.165) is 37.2 Å². The molecule has 0 saturated carbocycles. The molecule has 4 aromatic carbocycles. The van der Waals surface area contributed by atoms with Crippen molar-refractivity contribution in [2.24, 2.45) is 0 Å². The van der Waals surface area contributed by atoms with E-state index in [9.17, 15) is 84.6 Å². The fourth-order valence-corrected chi connectivity index (χ4v) is 13.7. The summed E-state index contributed by atoms with van der Waals surface area (Å²) in [4.78, 5) is 65.8. The van der Waals surface area contributed by atoms with Crippen LogP contribution in [0.2, 0.25) is 0 Å². The molecule has 0 aliphatic rings. The molecule has 25 nitrogen and oxygen atoms in total. The van der Waals surface area contributed by atoms with Crippen molar-refractivity contribution >= 4 is 83.0 Å². The lowest BCUT2D eigenvalue weighted by atomic mass is 10.0. The molecule has 34 heteroatoms. The van der Waals surface area contributed by atoms with Crippen LogP contribution in [0.4, 0.5) is 17.6 Å². The molecule has 0 spiro atoms. The number of aliphatic carboxylic acids is 2. The number of carboxylic acid groups (broad SMARTS) is 2. The average Bonchev–Trinajstić information content (AvgIpc) is 0.816. The third kappa shape index (κ3) is 35.4. The number of benzene rings is 4. The Hall–Kier alpha value is -7.23. The molecule has 0 unspecified atom stereocenters. The zero-order valence-electron chi connectivity index (χ0n) is 61.6. The van der Waals surface area contributed by atoms with Crippen molar-refractivity contribution in [3.63, 3.8) is 0 Å². The molecule has 0 bridgehead atoms. The molecule has 0 atom stereocenters. The minimum atomic E-state index is -4.00.